The van der Waals surface area contributed by atoms with E-state index in [4.69, 9.17) is 0 Å². The summed E-state index contributed by atoms with van der Waals surface area (Å²) in [5, 5.41) is 6.13. The molecule has 1 atom stereocenters. The molecule has 1 amide bonds. The molecule has 1 saturated heterocycles. The van der Waals surface area contributed by atoms with Crippen molar-refractivity contribution in [2.24, 2.45) is 0 Å². The molecule has 1 rings (SSSR count). The first kappa shape index (κ1) is 9.26. The van der Waals surface area contributed by atoms with Crippen LogP contribution in [0.3, 0.4) is 0 Å². The van der Waals surface area contributed by atoms with E-state index in [1.807, 2.05) is 13.8 Å². The van der Waals surface area contributed by atoms with Gasteiger partial charge in [0.05, 0.1) is 0 Å². The van der Waals surface area contributed by atoms with Crippen LogP contribution >= 0.6 is 0 Å². The van der Waals surface area contributed by atoms with Crippen LogP contribution in [0.25, 0.3) is 0 Å². The van der Waals surface area contributed by atoms with Gasteiger partial charge in [-0.15, -0.1) is 0 Å². The Morgan fingerprint density at radius 2 is 2.33 bits per heavy atom. The molecule has 0 aromatic carbocycles. The summed E-state index contributed by atoms with van der Waals surface area (Å²) in [4.78, 5) is 11.2. The Kier molecular flexibility index (Phi) is 3.29. The number of carbonyl (C=O) groups excluding carboxylic acids is 1. The minimum Gasteiger partial charge on any atom is -0.348 e. The van der Waals surface area contributed by atoms with Crippen molar-refractivity contribution in [1.29, 1.82) is 0 Å². The number of rotatable bonds is 2. The van der Waals surface area contributed by atoms with E-state index in [2.05, 4.69) is 10.6 Å². The zero-order valence-electron chi connectivity index (χ0n) is 7.68. The number of nitrogens with one attached hydrogen (secondary N) is 2. The van der Waals surface area contributed by atoms with Crippen LogP contribution in [0.2, 0.25) is 0 Å². The van der Waals surface area contributed by atoms with Gasteiger partial charge in [-0.1, -0.05) is 5.57 Å². The van der Waals surface area contributed by atoms with Crippen LogP contribution in [0.4, 0.5) is 0 Å². The summed E-state index contributed by atoms with van der Waals surface area (Å²) < 4.78 is 0. The number of amides is 1. The molecule has 0 spiro atoms. The monoisotopic (exact) mass is 168 g/mol. The lowest BCUT2D eigenvalue weighted by atomic mass is 10.2. The largest absolute Gasteiger partial charge is 0.348 e. The fraction of sp³-hybridized carbons (Fsp3) is 0.667. The van der Waals surface area contributed by atoms with Crippen molar-refractivity contribution in [1.82, 2.24) is 10.6 Å². The molecule has 68 valence electrons. The second-order valence-corrected chi connectivity index (χ2v) is 3.42. The van der Waals surface area contributed by atoms with E-state index >= 15 is 0 Å². The Bertz CT molecular complexity index is 189. The van der Waals surface area contributed by atoms with E-state index in [1.165, 1.54) is 0 Å². The maximum absolute atomic E-state index is 11.2. The third-order valence-corrected chi connectivity index (χ3v) is 1.83. The molecule has 1 aliphatic rings. The predicted molar refractivity (Wildman–Crippen MR) is 48.8 cm³/mol. The number of hydrogen-bond acceptors (Lipinski definition) is 2. The zero-order valence-corrected chi connectivity index (χ0v) is 7.68. The molecule has 0 aromatic rings. The first-order chi connectivity index (χ1) is 5.68. The van der Waals surface area contributed by atoms with Gasteiger partial charge in [-0.25, -0.2) is 0 Å². The molecule has 12 heavy (non-hydrogen) atoms. The molecular formula is C9H16N2O. The van der Waals surface area contributed by atoms with Crippen molar-refractivity contribution in [3.8, 4) is 0 Å². The van der Waals surface area contributed by atoms with Gasteiger partial charge < -0.3 is 10.6 Å². The average Bonchev–Trinajstić information content (AvgIpc) is 2.37. The van der Waals surface area contributed by atoms with Gasteiger partial charge in [0.2, 0.25) is 5.91 Å². The molecule has 1 fully saturated rings. The Morgan fingerprint density at radius 3 is 2.83 bits per heavy atom. The first-order valence-corrected chi connectivity index (χ1v) is 4.34. The van der Waals surface area contributed by atoms with Crippen molar-refractivity contribution in [2.45, 2.75) is 26.3 Å². The summed E-state index contributed by atoms with van der Waals surface area (Å²) in [6.07, 6.45) is 2.68. The van der Waals surface area contributed by atoms with E-state index in [0.29, 0.717) is 6.04 Å². The lowest BCUT2D eigenvalue weighted by molar-refractivity contribution is -0.117. The maximum atomic E-state index is 11.2. The van der Waals surface area contributed by atoms with E-state index in [1.54, 1.807) is 6.08 Å². The second kappa shape index (κ2) is 4.26. The van der Waals surface area contributed by atoms with Crippen LogP contribution in [0.15, 0.2) is 11.6 Å². The predicted octanol–water partition coefficient (Wildman–Crippen LogP) is 0.431. The molecule has 0 aromatic heterocycles. The van der Waals surface area contributed by atoms with Gasteiger partial charge in [0.15, 0.2) is 0 Å². The van der Waals surface area contributed by atoms with E-state index < -0.39 is 0 Å². The van der Waals surface area contributed by atoms with Crippen molar-refractivity contribution in [3.63, 3.8) is 0 Å². The number of allylic oxidation sites excluding steroid dienone is 1. The Balaban J connectivity index is 2.30. The molecule has 3 heteroatoms. The first-order valence-electron chi connectivity index (χ1n) is 4.34. The maximum Gasteiger partial charge on any atom is 0.244 e. The summed E-state index contributed by atoms with van der Waals surface area (Å²) in [6.45, 7) is 5.76. The fourth-order valence-corrected chi connectivity index (χ4v) is 1.28. The third-order valence-electron chi connectivity index (χ3n) is 1.83. The number of hydrogen-bond donors (Lipinski definition) is 2. The molecule has 0 saturated carbocycles. The molecule has 1 aliphatic heterocycles. The highest BCUT2D eigenvalue weighted by atomic mass is 16.1. The molecule has 2 N–H and O–H groups in total. The van der Waals surface area contributed by atoms with Gasteiger partial charge in [0, 0.05) is 18.7 Å². The van der Waals surface area contributed by atoms with Gasteiger partial charge >= 0.3 is 0 Å². The molecule has 0 radical (unpaired) electrons. The summed E-state index contributed by atoms with van der Waals surface area (Å²) >= 11 is 0. The van der Waals surface area contributed by atoms with Crippen molar-refractivity contribution >= 4 is 5.91 Å². The van der Waals surface area contributed by atoms with Crippen molar-refractivity contribution in [3.05, 3.63) is 11.6 Å². The molecule has 0 aliphatic carbocycles. The van der Waals surface area contributed by atoms with Crippen molar-refractivity contribution in [2.75, 3.05) is 13.1 Å². The van der Waals surface area contributed by atoms with Crippen LogP contribution in [0.1, 0.15) is 20.3 Å². The highest BCUT2D eigenvalue weighted by molar-refractivity contribution is 5.88. The lowest BCUT2D eigenvalue weighted by Crippen LogP contribution is -2.35. The molecule has 0 bridgehead atoms. The minimum absolute atomic E-state index is 0.0312. The van der Waals surface area contributed by atoms with Gasteiger partial charge in [-0.2, -0.15) is 0 Å². The Hall–Kier alpha value is -0.830. The van der Waals surface area contributed by atoms with Crippen LogP contribution < -0.4 is 10.6 Å². The minimum atomic E-state index is 0.0312. The highest BCUT2D eigenvalue weighted by Gasteiger charge is 2.14. The van der Waals surface area contributed by atoms with Gasteiger partial charge in [0.1, 0.15) is 0 Å². The molecular weight excluding hydrogens is 152 g/mol. The standard InChI is InChI=1S/C9H16N2O/c1-7(2)5-9(12)11-8-3-4-10-6-8/h5,8,10H,3-4,6H2,1-2H3,(H,11,12). The van der Waals surface area contributed by atoms with Crippen LogP contribution in [0, 0.1) is 0 Å². The Labute approximate surface area is 73.2 Å². The molecule has 1 unspecified atom stereocenters. The van der Waals surface area contributed by atoms with E-state index in [9.17, 15) is 4.79 Å². The smallest absolute Gasteiger partial charge is 0.244 e. The van der Waals surface area contributed by atoms with Crippen LogP contribution in [-0.2, 0) is 4.79 Å². The molecule has 1 heterocycles. The van der Waals surface area contributed by atoms with E-state index in [-0.39, 0.29) is 5.91 Å². The van der Waals surface area contributed by atoms with Crippen molar-refractivity contribution < 1.29 is 4.79 Å². The topological polar surface area (TPSA) is 41.1 Å². The molecule has 3 nitrogen and oxygen atoms in total. The average molecular weight is 168 g/mol. The summed E-state index contributed by atoms with van der Waals surface area (Å²) in [5.41, 5.74) is 1.04. The third kappa shape index (κ3) is 3.05. The summed E-state index contributed by atoms with van der Waals surface area (Å²) in [5.74, 6) is 0.0312. The van der Waals surface area contributed by atoms with E-state index in [0.717, 1.165) is 25.1 Å². The lowest BCUT2D eigenvalue weighted by Gasteiger charge is -2.08. The second-order valence-electron chi connectivity index (χ2n) is 3.42. The zero-order chi connectivity index (χ0) is 8.97. The highest BCUT2D eigenvalue weighted by Crippen LogP contribution is 1.97. The van der Waals surface area contributed by atoms with Gasteiger partial charge in [-0.3, -0.25) is 4.79 Å². The SMILES string of the molecule is CC(C)=CC(=O)NC1CCNC1. The summed E-state index contributed by atoms with van der Waals surface area (Å²) in [6, 6.07) is 0.327. The fourth-order valence-electron chi connectivity index (χ4n) is 1.28. The Morgan fingerprint density at radius 1 is 1.58 bits per heavy atom. The van der Waals surface area contributed by atoms with Gasteiger partial charge in [0.25, 0.3) is 0 Å². The van der Waals surface area contributed by atoms with Gasteiger partial charge in [-0.05, 0) is 26.8 Å². The van der Waals surface area contributed by atoms with Crippen LogP contribution in [0.5, 0.6) is 0 Å². The normalized spacial score (nSPS) is 22.0. The summed E-state index contributed by atoms with van der Waals surface area (Å²) in [7, 11) is 0. The quantitative estimate of drug-likeness (QED) is 0.587. The number of carbonyl (C=O) groups is 1. The van der Waals surface area contributed by atoms with Crippen LogP contribution in [-0.4, -0.2) is 25.0 Å².